The van der Waals surface area contributed by atoms with Crippen molar-refractivity contribution in [2.75, 3.05) is 4.90 Å². The quantitative estimate of drug-likeness (QED) is 0.205. The third kappa shape index (κ3) is 4.61. The second-order valence-electron chi connectivity index (χ2n) is 14.2. The number of rotatable bonds is 4. The van der Waals surface area contributed by atoms with Crippen LogP contribution in [-0.2, 0) is 0 Å². The van der Waals surface area contributed by atoms with Crippen LogP contribution in [0.25, 0.3) is 23.0 Å². The van der Waals surface area contributed by atoms with E-state index in [0.717, 1.165) is 0 Å². The normalized spacial score (nSPS) is 25.5. The first-order valence-corrected chi connectivity index (χ1v) is 18.0. The minimum Gasteiger partial charge on any atom is -0.369 e. The van der Waals surface area contributed by atoms with Crippen LogP contribution in [0.2, 0.25) is 0 Å². The lowest BCUT2D eigenvalue weighted by Crippen LogP contribution is -2.52. The van der Waals surface area contributed by atoms with Gasteiger partial charge in [0.05, 0.1) is 12.2 Å². The molecule has 0 saturated carbocycles. The zero-order valence-electron chi connectivity index (χ0n) is 28.1. The lowest BCUT2D eigenvalue weighted by Gasteiger charge is -2.39. The highest BCUT2D eigenvalue weighted by atomic mass is 15.2. The minimum absolute atomic E-state index is 0.0375. The molecule has 0 spiro atoms. The van der Waals surface area contributed by atoms with E-state index in [1.807, 2.05) is 0 Å². The molecule has 0 fully saturated rings. The molecule has 3 nitrogen and oxygen atoms in total. The van der Waals surface area contributed by atoms with E-state index in [1.54, 1.807) is 0 Å². The van der Waals surface area contributed by atoms with Gasteiger partial charge in [0.25, 0.3) is 0 Å². The van der Waals surface area contributed by atoms with Crippen molar-refractivity contribution in [2.24, 2.45) is 11.8 Å². The van der Waals surface area contributed by atoms with Gasteiger partial charge in [-0.15, -0.1) is 0 Å². The van der Waals surface area contributed by atoms with Crippen LogP contribution in [0.3, 0.4) is 0 Å². The molecule has 5 aliphatic rings. The van der Waals surface area contributed by atoms with Gasteiger partial charge >= 0.3 is 0 Å². The Hall–Kier alpha value is -5.64. The number of nitrogens with zero attached hydrogens (tertiary/aromatic N) is 1. The first kappa shape index (κ1) is 29.3. The van der Waals surface area contributed by atoms with E-state index >= 15 is 0 Å². The Balaban J connectivity index is 1.13. The maximum absolute atomic E-state index is 4.02. The van der Waals surface area contributed by atoms with Crippen LogP contribution >= 0.6 is 0 Å². The second kappa shape index (κ2) is 11.8. The monoisotopic (exact) mass is 645 g/mol. The number of hydrogen-bond acceptors (Lipinski definition) is 3. The van der Waals surface area contributed by atoms with E-state index in [-0.39, 0.29) is 24.0 Å². The molecule has 6 unspecified atom stereocenters. The Morgan fingerprint density at radius 2 is 1.40 bits per heavy atom. The van der Waals surface area contributed by atoms with Gasteiger partial charge in [-0.25, -0.2) is 0 Å². The highest BCUT2D eigenvalue weighted by Crippen LogP contribution is 2.58. The summed E-state index contributed by atoms with van der Waals surface area (Å²) in [6.07, 6.45) is 16.2. The van der Waals surface area contributed by atoms with Crippen LogP contribution in [0.4, 0.5) is 11.4 Å². The fraction of sp³-hybridized carbons (Fsp3) is 0.149. The highest BCUT2D eigenvalue weighted by Gasteiger charge is 2.44. The van der Waals surface area contributed by atoms with Crippen molar-refractivity contribution >= 4 is 34.4 Å². The third-order valence-corrected chi connectivity index (χ3v) is 11.4. The topological polar surface area (TPSA) is 27.3 Å². The molecular formula is C47H39N3. The van der Waals surface area contributed by atoms with Crippen molar-refractivity contribution in [3.63, 3.8) is 0 Å². The highest BCUT2D eigenvalue weighted by molar-refractivity contribution is 5.96. The predicted octanol–water partition coefficient (Wildman–Crippen LogP) is 8.68. The third-order valence-electron chi connectivity index (χ3n) is 11.4. The molecule has 2 N–H and O–H groups in total. The van der Waals surface area contributed by atoms with Gasteiger partial charge in [-0.2, -0.15) is 0 Å². The maximum Gasteiger partial charge on any atom is 0.0845 e. The van der Waals surface area contributed by atoms with Crippen LogP contribution < -0.4 is 26.0 Å². The molecule has 0 bridgehead atoms. The summed E-state index contributed by atoms with van der Waals surface area (Å²) >= 11 is 0. The first-order chi connectivity index (χ1) is 24.7. The number of para-hydroxylation sites is 1. The summed E-state index contributed by atoms with van der Waals surface area (Å²) in [5.74, 6) is 1.22. The zero-order chi connectivity index (χ0) is 33.2. The van der Waals surface area contributed by atoms with Crippen molar-refractivity contribution in [1.82, 2.24) is 10.6 Å². The van der Waals surface area contributed by atoms with Gasteiger partial charge in [-0.3, -0.25) is 5.32 Å². The molecule has 0 amide bonds. The molecule has 3 aliphatic carbocycles. The summed E-state index contributed by atoms with van der Waals surface area (Å²) in [7, 11) is 0. The molecule has 5 aromatic rings. The fourth-order valence-electron chi connectivity index (χ4n) is 9.12. The molecule has 2 aliphatic heterocycles. The molecule has 5 aromatic carbocycles. The molecule has 50 heavy (non-hydrogen) atoms. The van der Waals surface area contributed by atoms with Gasteiger partial charge in [0, 0.05) is 45.7 Å². The zero-order valence-corrected chi connectivity index (χ0v) is 28.1. The standard InChI is InChI=1S/C47H39N3/c1-30-14-5-7-20-35(30)47-48-41(32-16-3-2-4-17-32)29-42(49-47)33-18-13-19-34(28-33)50-43-25-12-11-24-40(43)45-44-36-21-8-6-15-31(36)26-27-38(44)37-22-9-10-23-39(37)46(45)50/h2-30,35,42,44-45,47-49H,1H3. The number of allylic oxidation sites excluding steroid dienone is 4. The van der Waals surface area contributed by atoms with E-state index in [9.17, 15) is 0 Å². The molecule has 0 radical (unpaired) electrons. The van der Waals surface area contributed by atoms with Gasteiger partial charge in [0.1, 0.15) is 0 Å². The van der Waals surface area contributed by atoms with Crippen LogP contribution in [0.5, 0.6) is 0 Å². The van der Waals surface area contributed by atoms with Crippen LogP contribution in [0, 0.1) is 11.8 Å². The predicted molar refractivity (Wildman–Crippen MR) is 207 cm³/mol. The van der Waals surface area contributed by atoms with Gasteiger partial charge in [0.2, 0.25) is 0 Å². The molecule has 2 heterocycles. The Kier molecular flexibility index (Phi) is 6.89. The summed E-state index contributed by atoms with van der Waals surface area (Å²) in [5.41, 5.74) is 13.0. The van der Waals surface area contributed by atoms with Crippen molar-refractivity contribution in [2.45, 2.75) is 31.0 Å². The number of nitrogens with one attached hydrogen (secondary N) is 2. The Morgan fingerprint density at radius 1 is 0.640 bits per heavy atom. The molecule has 242 valence electrons. The fourth-order valence-corrected chi connectivity index (χ4v) is 9.12. The largest absolute Gasteiger partial charge is 0.369 e. The smallest absolute Gasteiger partial charge is 0.0845 e. The number of anilines is 2. The second-order valence-corrected chi connectivity index (χ2v) is 14.2. The molecule has 10 rings (SSSR count). The molecule has 3 heteroatoms. The average Bonchev–Trinajstić information content (AvgIpc) is 3.53. The summed E-state index contributed by atoms with van der Waals surface area (Å²) in [6, 6.07) is 47.1. The SMILES string of the molecule is CC1C=CC=CC1C1NC(c2ccccc2)=CC(c2cccc(N3C4=c5ccccc5=C5C=Cc6ccccc6C5C4c4ccccc43)c2)N1. The van der Waals surface area contributed by atoms with E-state index < -0.39 is 0 Å². The lowest BCUT2D eigenvalue weighted by molar-refractivity contribution is 0.303. The van der Waals surface area contributed by atoms with Gasteiger partial charge in [-0.1, -0.05) is 153 Å². The van der Waals surface area contributed by atoms with Gasteiger partial charge in [0.15, 0.2) is 0 Å². The maximum atomic E-state index is 4.02. The molecular weight excluding hydrogens is 607 g/mol. The van der Waals surface area contributed by atoms with E-state index in [1.165, 1.54) is 66.6 Å². The summed E-state index contributed by atoms with van der Waals surface area (Å²) in [5, 5.41) is 10.6. The van der Waals surface area contributed by atoms with Crippen LogP contribution in [0.1, 0.15) is 52.6 Å². The number of fused-ring (bicyclic) bond motifs is 8. The number of benzene rings is 5. The minimum atomic E-state index is 0.0375. The van der Waals surface area contributed by atoms with Crippen LogP contribution in [-0.4, -0.2) is 6.17 Å². The Morgan fingerprint density at radius 3 is 2.28 bits per heavy atom. The van der Waals surface area contributed by atoms with E-state index in [0.29, 0.717) is 11.8 Å². The van der Waals surface area contributed by atoms with Gasteiger partial charge in [-0.05, 0) is 68.8 Å². The van der Waals surface area contributed by atoms with E-state index in [2.05, 4.69) is 192 Å². The summed E-state index contributed by atoms with van der Waals surface area (Å²) in [6.45, 7) is 2.31. The molecule has 0 aromatic heterocycles. The average molecular weight is 646 g/mol. The van der Waals surface area contributed by atoms with Crippen molar-refractivity contribution in [3.8, 4) is 0 Å². The van der Waals surface area contributed by atoms with Crippen LogP contribution in [0.15, 0.2) is 164 Å². The Labute approximate surface area is 294 Å². The summed E-state index contributed by atoms with van der Waals surface area (Å²) in [4.78, 5) is 2.57. The number of hydrogen-bond donors (Lipinski definition) is 2. The lowest BCUT2D eigenvalue weighted by atomic mass is 9.69. The summed E-state index contributed by atoms with van der Waals surface area (Å²) < 4.78 is 0. The first-order valence-electron chi connectivity index (χ1n) is 18.0. The molecule has 0 saturated heterocycles. The van der Waals surface area contributed by atoms with Gasteiger partial charge < -0.3 is 10.2 Å². The van der Waals surface area contributed by atoms with Crippen molar-refractivity contribution in [1.29, 1.82) is 0 Å². The van der Waals surface area contributed by atoms with E-state index in [4.69, 9.17) is 0 Å². The van der Waals surface area contributed by atoms with Crippen molar-refractivity contribution < 1.29 is 0 Å². The molecule has 6 atom stereocenters. The van der Waals surface area contributed by atoms with Crippen molar-refractivity contribution in [3.05, 3.63) is 202 Å². The Bertz CT molecular complexity index is 2400.